The van der Waals surface area contributed by atoms with E-state index in [2.05, 4.69) is 4.98 Å². The molecule has 0 bridgehead atoms. The van der Waals surface area contributed by atoms with E-state index >= 15 is 0 Å². The Balaban J connectivity index is 3.33. The van der Waals surface area contributed by atoms with Crippen molar-refractivity contribution in [2.75, 3.05) is 0 Å². The molecule has 0 amide bonds. The lowest BCUT2D eigenvalue weighted by atomic mass is 10.2. The molecule has 0 aliphatic rings. The van der Waals surface area contributed by atoms with Gasteiger partial charge in [-0.05, 0) is 11.6 Å². The lowest BCUT2D eigenvalue weighted by Gasteiger charge is -2.01. The molecule has 80 valence electrons. The number of halogens is 3. The van der Waals surface area contributed by atoms with Gasteiger partial charge in [-0.3, -0.25) is 14.9 Å². The maximum Gasteiger partial charge on any atom is 0.297 e. The van der Waals surface area contributed by atoms with Crippen LogP contribution < -0.4 is 0 Å². The van der Waals surface area contributed by atoms with Gasteiger partial charge in [-0.2, -0.15) is 0 Å². The van der Waals surface area contributed by atoms with Crippen LogP contribution in [-0.4, -0.2) is 15.1 Å². The first-order valence-corrected chi connectivity index (χ1v) is 3.93. The van der Waals surface area contributed by atoms with Gasteiger partial charge < -0.3 is 0 Å². The summed E-state index contributed by atoms with van der Waals surface area (Å²) in [5.74, 6) is 0. The van der Waals surface area contributed by atoms with Crippen molar-refractivity contribution in [3.8, 4) is 0 Å². The van der Waals surface area contributed by atoms with Crippen LogP contribution in [0.25, 0.3) is 0 Å². The molecular weight excluding hydrogens is 234 g/mol. The Hall–Kier alpha value is -1.63. The second-order valence-corrected chi connectivity index (χ2v) is 2.80. The average Bonchev–Trinajstić information content (AvgIpc) is 2.16. The van der Waals surface area contributed by atoms with Gasteiger partial charge in [-0.15, -0.1) is 0 Å². The number of hydrogen-bond acceptors (Lipinski definition) is 4. The van der Waals surface area contributed by atoms with E-state index in [4.69, 9.17) is 11.6 Å². The Bertz CT molecular complexity index is 425. The summed E-state index contributed by atoms with van der Waals surface area (Å²) in [6.45, 7) is 0. The number of alkyl halides is 2. The predicted molar refractivity (Wildman–Crippen MR) is 46.0 cm³/mol. The number of pyridine rings is 1. The molecule has 5 nitrogen and oxygen atoms in total. The van der Waals surface area contributed by atoms with Gasteiger partial charge in [0.2, 0.25) is 0 Å². The van der Waals surface area contributed by atoms with E-state index in [1.807, 2.05) is 0 Å². The van der Waals surface area contributed by atoms with E-state index in [-0.39, 0.29) is 5.56 Å². The Labute approximate surface area is 86.8 Å². The van der Waals surface area contributed by atoms with E-state index in [9.17, 15) is 23.7 Å². The van der Waals surface area contributed by atoms with E-state index in [1.165, 1.54) is 0 Å². The molecule has 0 spiro atoms. The molecule has 1 heterocycles. The molecule has 8 heteroatoms. The van der Waals surface area contributed by atoms with Crippen LogP contribution in [0.5, 0.6) is 0 Å². The third-order valence-electron chi connectivity index (χ3n) is 1.53. The molecule has 0 saturated carbocycles. The van der Waals surface area contributed by atoms with E-state index in [0.29, 0.717) is 6.07 Å². The van der Waals surface area contributed by atoms with Gasteiger partial charge in [0.05, 0.1) is 10.5 Å². The molecule has 0 aromatic carbocycles. The first kappa shape index (κ1) is 11.4. The zero-order valence-corrected chi connectivity index (χ0v) is 7.74. The van der Waals surface area contributed by atoms with Crippen molar-refractivity contribution in [3.05, 3.63) is 33.6 Å². The minimum Gasteiger partial charge on any atom is -0.276 e. The van der Waals surface area contributed by atoms with Gasteiger partial charge >= 0.3 is 0 Å². The van der Waals surface area contributed by atoms with Crippen molar-refractivity contribution >= 4 is 22.5 Å². The second-order valence-electron chi connectivity index (χ2n) is 2.46. The SMILES string of the molecule is O=C(Cl)c1cnc(C(F)F)c([N+](=O)[O-])c1. The molecule has 1 aromatic heterocycles. The van der Waals surface area contributed by atoms with Gasteiger partial charge in [0.25, 0.3) is 17.4 Å². The third-order valence-corrected chi connectivity index (χ3v) is 1.75. The highest BCUT2D eigenvalue weighted by Gasteiger charge is 2.24. The monoisotopic (exact) mass is 236 g/mol. The first-order valence-electron chi connectivity index (χ1n) is 3.55. The molecule has 0 fully saturated rings. The largest absolute Gasteiger partial charge is 0.297 e. The fourth-order valence-electron chi connectivity index (χ4n) is 0.886. The second kappa shape index (κ2) is 4.26. The lowest BCUT2D eigenvalue weighted by molar-refractivity contribution is -0.386. The third kappa shape index (κ3) is 2.44. The summed E-state index contributed by atoms with van der Waals surface area (Å²) in [7, 11) is 0. The molecular formula is C7H3ClF2N2O3. The van der Waals surface area contributed by atoms with Crippen LogP contribution in [0, 0.1) is 10.1 Å². The maximum absolute atomic E-state index is 12.2. The van der Waals surface area contributed by atoms with Crippen LogP contribution >= 0.6 is 11.6 Å². The minimum atomic E-state index is -3.08. The van der Waals surface area contributed by atoms with E-state index in [1.54, 1.807) is 0 Å². The quantitative estimate of drug-likeness (QED) is 0.459. The van der Waals surface area contributed by atoms with Gasteiger partial charge in [-0.1, -0.05) is 0 Å². The highest BCUT2D eigenvalue weighted by molar-refractivity contribution is 6.67. The van der Waals surface area contributed by atoms with E-state index < -0.39 is 28.0 Å². The van der Waals surface area contributed by atoms with Crippen molar-refractivity contribution < 1.29 is 18.5 Å². The highest BCUT2D eigenvalue weighted by atomic mass is 35.5. The number of hydrogen-bond donors (Lipinski definition) is 0. The summed E-state index contributed by atoms with van der Waals surface area (Å²) < 4.78 is 24.5. The number of nitrogens with zero attached hydrogens (tertiary/aromatic N) is 2. The van der Waals surface area contributed by atoms with Crippen molar-refractivity contribution in [2.24, 2.45) is 0 Å². The Morgan fingerprint density at radius 2 is 2.20 bits per heavy atom. The molecule has 0 unspecified atom stereocenters. The van der Waals surface area contributed by atoms with Crippen molar-refractivity contribution in [2.45, 2.75) is 6.43 Å². The summed E-state index contributed by atoms with van der Waals surface area (Å²) in [5, 5.41) is 9.38. The van der Waals surface area contributed by atoms with Crippen LogP contribution in [0.4, 0.5) is 14.5 Å². The summed E-state index contributed by atoms with van der Waals surface area (Å²) in [6.07, 6.45) is -2.31. The van der Waals surface area contributed by atoms with Crippen molar-refractivity contribution in [1.29, 1.82) is 0 Å². The van der Waals surface area contributed by atoms with Crippen LogP contribution in [0.3, 0.4) is 0 Å². The molecule has 0 aliphatic carbocycles. The number of aromatic nitrogens is 1. The number of rotatable bonds is 3. The number of nitro groups is 1. The summed E-state index contributed by atoms with van der Waals surface area (Å²) in [6, 6.07) is 0.670. The molecule has 0 aliphatic heterocycles. The summed E-state index contributed by atoms with van der Waals surface area (Å²) >= 11 is 5.02. The smallest absolute Gasteiger partial charge is 0.276 e. The Morgan fingerprint density at radius 3 is 2.60 bits per heavy atom. The molecule has 0 radical (unpaired) electrons. The molecule has 1 rings (SSSR count). The Kier molecular flexibility index (Phi) is 3.25. The minimum absolute atomic E-state index is 0.298. The van der Waals surface area contributed by atoms with Crippen LogP contribution in [0.15, 0.2) is 12.3 Å². The molecule has 1 aromatic rings. The maximum atomic E-state index is 12.2. The van der Waals surface area contributed by atoms with Gasteiger partial charge in [0.15, 0.2) is 5.69 Å². The fourth-order valence-corrected chi connectivity index (χ4v) is 0.989. The molecule has 15 heavy (non-hydrogen) atoms. The zero-order valence-electron chi connectivity index (χ0n) is 6.99. The zero-order chi connectivity index (χ0) is 11.6. The van der Waals surface area contributed by atoms with Crippen LogP contribution in [0.2, 0.25) is 0 Å². The lowest BCUT2D eigenvalue weighted by Crippen LogP contribution is -2.02. The molecule has 0 N–H and O–H groups in total. The summed E-state index contributed by atoms with van der Waals surface area (Å²) in [4.78, 5) is 23.1. The van der Waals surface area contributed by atoms with Crippen molar-refractivity contribution in [1.82, 2.24) is 4.98 Å². The van der Waals surface area contributed by atoms with Gasteiger partial charge in [0, 0.05) is 12.3 Å². The van der Waals surface area contributed by atoms with E-state index in [0.717, 1.165) is 6.20 Å². The normalized spacial score (nSPS) is 10.4. The summed E-state index contributed by atoms with van der Waals surface area (Å²) in [5.41, 5.74) is -2.20. The molecule has 0 saturated heterocycles. The van der Waals surface area contributed by atoms with Crippen LogP contribution in [0.1, 0.15) is 22.5 Å². The van der Waals surface area contributed by atoms with Crippen molar-refractivity contribution in [3.63, 3.8) is 0 Å². The Morgan fingerprint density at radius 1 is 1.60 bits per heavy atom. The predicted octanol–water partition coefficient (Wildman–Crippen LogP) is 2.31. The highest BCUT2D eigenvalue weighted by Crippen LogP contribution is 2.27. The molecule has 0 atom stereocenters. The topological polar surface area (TPSA) is 73.1 Å². The van der Waals surface area contributed by atoms with Gasteiger partial charge in [0.1, 0.15) is 0 Å². The average molecular weight is 237 g/mol. The fraction of sp³-hybridized carbons (Fsp3) is 0.143. The van der Waals surface area contributed by atoms with Crippen LogP contribution in [-0.2, 0) is 0 Å². The standard InChI is InChI=1S/C7H3ClF2N2O3/c8-6(13)3-1-4(12(14)15)5(7(9)10)11-2-3/h1-2,7H. The number of carbonyl (C=O) groups excluding carboxylic acids is 1. The first-order chi connectivity index (χ1) is 6.93. The number of carbonyl (C=O) groups is 1. The van der Waals surface area contributed by atoms with Gasteiger partial charge in [-0.25, -0.2) is 13.8 Å².